The third-order valence-corrected chi connectivity index (χ3v) is 4.84. The summed E-state index contributed by atoms with van der Waals surface area (Å²) in [4.78, 5) is 8.90. The zero-order valence-corrected chi connectivity index (χ0v) is 19.3. The van der Waals surface area contributed by atoms with Crippen LogP contribution in [0.15, 0.2) is 28.6 Å². The molecule has 0 radical (unpaired) electrons. The minimum absolute atomic E-state index is 0. The number of hydrogen-bond acceptors (Lipinski definition) is 4. The van der Waals surface area contributed by atoms with Gasteiger partial charge < -0.3 is 15.4 Å². The Hall–Kier alpha value is -1.35. The molecule has 0 saturated carbocycles. The second kappa shape index (κ2) is 11.4. The summed E-state index contributed by atoms with van der Waals surface area (Å²) in [6.45, 7) is 7.87. The third kappa shape index (κ3) is 6.75. The second-order valence-electron chi connectivity index (χ2n) is 6.23. The molecule has 0 spiro atoms. The van der Waals surface area contributed by atoms with E-state index in [0.717, 1.165) is 40.9 Å². The van der Waals surface area contributed by atoms with Crippen molar-refractivity contribution in [2.24, 2.45) is 4.99 Å². The topological polar surface area (TPSA) is 58.5 Å². The molecule has 0 saturated heterocycles. The van der Waals surface area contributed by atoms with Crippen LogP contribution < -0.4 is 15.4 Å². The third-order valence-electron chi connectivity index (χ3n) is 3.97. The van der Waals surface area contributed by atoms with Crippen molar-refractivity contribution in [3.63, 3.8) is 0 Å². The van der Waals surface area contributed by atoms with Gasteiger partial charge in [0.1, 0.15) is 10.8 Å². The van der Waals surface area contributed by atoms with Gasteiger partial charge in [-0.15, -0.1) is 35.3 Å². The Bertz CT molecular complexity index is 715. The Morgan fingerprint density at radius 3 is 2.69 bits per heavy atom. The number of aliphatic imine (C=N–C) groups is 1. The van der Waals surface area contributed by atoms with Crippen LogP contribution in [0.3, 0.4) is 0 Å². The lowest BCUT2D eigenvalue weighted by Crippen LogP contribution is -2.37. The number of nitrogens with zero attached hydrogens (tertiary/aromatic N) is 2. The van der Waals surface area contributed by atoms with Crippen molar-refractivity contribution in [3.05, 3.63) is 45.4 Å². The maximum absolute atomic E-state index is 5.38. The molecule has 7 heteroatoms. The van der Waals surface area contributed by atoms with Gasteiger partial charge in [-0.25, -0.2) is 4.98 Å². The van der Waals surface area contributed by atoms with Crippen molar-refractivity contribution in [1.82, 2.24) is 15.6 Å². The Morgan fingerprint density at radius 1 is 1.31 bits per heavy atom. The van der Waals surface area contributed by atoms with Gasteiger partial charge in [0, 0.05) is 19.0 Å². The minimum atomic E-state index is 0. The highest BCUT2D eigenvalue weighted by Crippen LogP contribution is 2.19. The number of methoxy groups -OCH3 is 1. The SMILES string of the molecule is CN=C(NCCc1ccc(C)c(OC)c1)NCc1nc(C(C)C)cs1.I. The average Bonchev–Trinajstić information content (AvgIpc) is 3.08. The van der Waals surface area contributed by atoms with Crippen LogP contribution in [0.2, 0.25) is 0 Å². The molecule has 2 N–H and O–H groups in total. The molecule has 0 aliphatic rings. The van der Waals surface area contributed by atoms with Crippen LogP contribution in [-0.4, -0.2) is 31.6 Å². The summed E-state index contributed by atoms with van der Waals surface area (Å²) >= 11 is 1.69. The minimum Gasteiger partial charge on any atom is -0.496 e. The van der Waals surface area contributed by atoms with E-state index in [1.165, 1.54) is 5.56 Å². The summed E-state index contributed by atoms with van der Waals surface area (Å²) in [5.41, 5.74) is 3.55. The first-order chi connectivity index (χ1) is 12.0. The molecular weight excluding hydrogens is 459 g/mol. The number of hydrogen-bond donors (Lipinski definition) is 2. The van der Waals surface area contributed by atoms with Crippen molar-refractivity contribution in [2.45, 2.75) is 39.7 Å². The number of aryl methyl sites for hydroxylation is 1. The summed E-state index contributed by atoms with van der Waals surface area (Å²) in [6, 6.07) is 6.32. The molecule has 0 atom stereocenters. The Balaban J connectivity index is 0.00000338. The number of nitrogens with one attached hydrogen (secondary N) is 2. The predicted molar refractivity (Wildman–Crippen MR) is 121 cm³/mol. The second-order valence-corrected chi connectivity index (χ2v) is 7.17. The Labute approximate surface area is 177 Å². The zero-order valence-electron chi connectivity index (χ0n) is 16.1. The van der Waals surface area contributed by atoms with Crippen LogP contribution in [-0.2, 0) is 13.0 Å². The molecule has 0 amide bonds. The lowest BCUT2D eigenvalue weighted by atomic mass is 10.1. The number of benzene rings is 1. The Morgan fingerprint density at radius 2 is 2.08 bits per heavy atom. The molecule has 5 nitrogen and oxygen atoms in total. The molecule has 0 bridgehead atoms. The molecule has 1 aromatic carbocycles. The number of thiazole rings is 1. The number of aromatic nitrogens is 1. The average molecular weight is 488 g/mol. The molecule has 2 aromatic rings. The Kier molecular flexibility index (Phi) is 9.93. The van der Waals surface area contributed by atoms with Gasteiger partial charge in [-0.1, -0.05) is 26.0 Å². The summed E-state index contributed by atoms with van der Waals surface area (Å²) in [7, 11) is 3.49. The standard InChI is InChI=1S/C19H28N4OS.HI/c1-13(2)16-12-25-18(23-16)11-22-19(20-4)21-9-8-15-7-6-14(3)17(10-15)24-5;/h6-7,10,12-13H,8-9,11H2,1-5H3,(H2,20,21,22);1H. The van der Waals surface area contributed by atoms with E-state index in [1.54, 1.807) is 25.5 Å². The molecule has 144 valence electrons. The smallest absolute Gasteiger partial charge is 0.191 e. The van der Waals surface area contributed by atoms with E-state index < -0.39 is 0 Å². The van der Waals surface area contributed by atoms with E-state index in [4.69, 9.17) is 4.74 Å². The molecular formula is C19H29IN4OS. The largest absolute Gasteiger partial charge is 0.496 e. The summed E-state index contributed by atoms with van der Waals surface area (Å²) in [5.74, 6) is 2.19. The quantitative estimate of drug-likeness (QED) is 0.350. The molecule has 1 heterocycles. The van der Waals surface area contributed by atoms with Crippen molar-refractivity contribution >= 4 is 41.3 Å². The number of rotatable bonds is 7. The van der Waals surface area contributed by atoms with E-state index in [-0.39, 0.29) is 24.0 Å². The van der Waals surface area contributed by atoms with Gasteiger partial charge in [-0.2, -0.15) is 0 Å². The van der Waals surface area contributed by atoms with Crippen molar-refractivity contribution in [1.29, 1.82) is 0 Å². The first kappa shape index (κ1) is 22.7. The molecule has 1 aromatic heterocycles. The highest BCUT2D eigenvalue weighted by atomic mass is 127. The molecule has 0 unspecified atom stereocenters. The van der Waals surface area contributed by atoms with Gasteiger partial charge in [-0.3, -0.25) is 4.99 Å². The van der Waals surface area contributed by atoms with Crippen molar-refractivity contribution in [3.8, 4) is 5.75 Å². The van der Waals surface area contributed by atoms with Crippen LogP contribution in [0.1, 0.15) is 41.6 Å². The van der Waals surface area contributed by atoms with E-state index >= 15 is 0 Å². The maximum Gasteiger partial charge on any atom is 0.191 e. The molecule has 0 aliphatic heterocycles. The van der Waals surface area contributed by atoms with Crippen molar-refractivity contribution in [2.75, 3.05) is 20.7 Å². The normalized spacial score (nSPS) is 11.2. The van der Waals surface area contributed by atoms with Crippen LogP contribution in [0, 0.1) is 6.92 Å². The van der Waals surface area contributed by atoms with Gasteiger partial charge >= 0.3 is 0 Å². The number of guanidine groups is 1. The van der Waals surface area contributed by atoms with Gasteiger partial charge in [0.2, 0.25) is 0 Å². The summed E-state index contributed by atoms with van der Waals surface area (Å²) in [5, 5.41) is 9.87. The fourth-order valence-electron chi connectivity index (χ4n) is 2.40. The van der Waals surface area contributed by atoms with Crippen LogP contribution in [0.5, 0.6) is 5.75 Å². The highest BCUT2D eigenvalue weighted by Gasteiger charge is 2.06. The fraction of sp³-hybridized carbons (Fsp3) is 0.474. The lowest BCUT2D eigenvalue weighted by molar-refractivity contribution is 0.411. The van der Waals surface area contributed by atoms with Gasteiger partial charge in [0.25, 0.3) is 0 Å². The van der Waals surface area contributed by atoms with E-state index in [2.05, 4.69) is 65.0 Å². The van der Waals surface area contributed by atoms with Crippen molar-refractivity contribution < 1.29 is 4.74 Å². The van der Waals surface area contributed by atoms with E-state index in [0.29, 0.717) is 12.5 Å². The van der Waals surface area contributed by atoms with E-state index in [9.17, 15) is 0 Å². The first-order valence-electron chi connectivity index (χ1n) is 8.55. The maximum atomic E-state index is 5.38. The number of ether oxygens (including phenoxy) is 1. The molecule has 2 rings (SSSR count). The van der Waals surface area contributed by atoms with Crippen LogP contribution in [0.4, 0.5) is 0 Å². The monoisotopic (exact) mass is 488 g/mol. The summed E-state index contributed by atoms with van der Waals surface area (Å²) in [6.07, 6.45) is 0.909. The van der Waals surface area contributed by atoms with Crippen LogP contribution in [0.25, 0.3) is 0 Å². The predicted octanol–water partition coefficient (Wildman–Crippen LogP) is 4.11. The van der Waals surface area contributed by atoms with E-state index in [1.807, 2.05) is 0 Å². The number of halogens is 1. The fourth-order valence-corrected chi connectivity index (χ4v) is 3.29. The lowest BCUT2D eigenvalue weighted by Gasteiger charge is -2.12. The van der Waals surface area contributed by atoms with Crippen LogP contribution >= 0.6 is 35.3 Å². The van der Waals surface area contributed by atoms with Gasteiger partial charge in [-0.05, 0) is 36.5 Å². The molecule has 0 aliphatic carbocycles. The first-order valence-corrected chi connectivity index (χ1v) is 9.43. The summed E-state index contributed by atoms with van der Waals surface area (Å²) < 4.78 is 5.38. The molecule has 26 heavy (non-hydrogen) atoms. The van der Waals surface area contributed by atoms with Gasteiger partial charge in [0.05, 0.1) is 19.3 Å². The van der Waals surface area contributed by atoms with Gasteiger partial charge in [0.15, 0.2) is 5.96 Å². The zero-order chi connectivity index (χ0) is 18.2. The molecule has 0 fully saturated rings. The highest BCUT2D eigenvalue weighted by molar-refractivity contribution is 14.0.